The first kappa shape index (κ1) is 27.2. The summed E-state index contributed by atoms with van der Waals surface area (Å²) >= 11 is 0. The molecule has 0 unspecified atom stereocenters. The number of pyridine rings is 1. The largest absolute Gasteiger partial charge is 0.494 e. The van der Waals surface area contributed by atoms with Crippen molar-refractivity contribution in [2.24, 2.45) is 0 Å². The summed E-state index contributed by atoms with van der Waals surface area (Å²) in [6, 6.07) is 0.188. The molecule has 2 atom stereocenters. The molecule has 0 aromatic carbocycles. The summed E-state index contributed by atoms with van der Waals surface area (Å²) in [5.41, 5.74) is 2.34. The zero-order valence-corrected chi connectivity index (χ0v) is 21.5. The molecule has 204 valence electrons. The van der Waals surface area contributed by atoms with Crippen molar-refractivity contribution in [3.63, 3.8) is 0 Å². The Morgan fingerprint density at radius 1 is 1.26 bits per heavy atom. The lowest BCUT2D eigenvalue weighted by Gasteiger charge is -2.30. The molecular weight excluding hydrogens is 501 g/mol. The number of urea groups is 1. The number of carbonyl (C=O) groups excluding carboxylic acids is 1. The predicted octanol–water partition coefficient (Wildman–Crippen LogP) is 5.33. The van der Waals surface area contributed by atoms with Crippen LogP contribution in [0.25, 0.3) is 16.9 Å². The molecule has 9 nitrogen and oxygen atoms in total. The van der Waals surface area contributed by atoms with E-state index in [4.69, 9.17) is 14.5 Å². The number of halogens is 3. The van der Waals surface area contributed by atoms with Gasteiger partial charge in [-0.05, 0) is 39.2 Å². The maximum Gasteiger partial charge on any atom is 0.389 e. The Labute approximate surface area is 218 Å². The Bertz CT molecular complexity index is 1290. The average Bonchev–Trinajstić information content (AvgIpc) is 3.37. The van der Waals surface area contributed by atoms with Crippen molar-refractivity contribution >= 4 is 11.7 Å². The third-order valence-corrected chi connectivity index (χ3v) is 6.44. The molecule has 3 aromatic rings. The van der Waals surface area contributed by atoms with Gasteiger partial charge in [0.1, 0.15) is 5.75 Å². The van der Waals surface area contributed by atoms with E-state index in [1.165, 1.54) is 7.11 Å². The first-order valence-corrected chi connectivity index (χ1v) is 12.5. The van der Waals surface area contributed by atoms with Crippen molar-refractivity contribution in [2.45, 2.75) is 57.8 Å². The second-order valence-electron chi connectivity index (χ2n) is 9.01. The van der Waals surface area contributed by atoms with Crippen LogP contribution in [0.5, 0.6) is 11.6 Å². The van der Waals surface area contributed by atoms with E-state index < -0.39 is 30.7 Å². The number of rotatable bonds is 4. The van der Waals surface area contributed by atoms with Crippen LogP contribution in [0.1, 0.15) is 51.3 Å². The van der Waals surface area contributed by atoms with E-state index in [1.54, 1.807) is 35.6 Å². The second kappa shape index (κ2) is 11.7. The van der Waals surface area contributed by atoms with Crippen LogP contribution in [-0.4, -0.2) is 62.8 Å². The molecule has 1 aliphatic heterocycles. The highest BCUT2D eigenvalue weighted by Crippen LogP contribution is 2.33. The van der Waals surface area contributed by atoms with Crippen LogP contribution in [0.15, 0.2) is 43.0 Å². The van der Waals surface area contributed by atoms with Gasteiger partial charge in [-0.25, -0.2) is 14.8 Å². The Morgan fingerprint density at radius 3 is 2.82 bits per heavy atom. The molecule has 3 aromatic heterocycles. The van der Waals surface area contributed by atoms with Crippen LogP contribution in [0, 0.1) is 0 Å². The normalized spacial score (nSPS) is 19.9. The van der Waals surface area contributed by atoms with Crippen molar-refractivity contribution in [2.75, 3.05) is 20.3 Å². The molecule has 4 bridgehead atoms. The number of hydrogen-bond acceptors (Lipinski definition) is 6. The van der Waals surface area contributed by atoms with Crippen LogP contribution >= 0.6 is 0 Å². The number of carbonyl (C=O) groups is 1. The number of methoxy groups -OCH3 is 1. The fourth-order valence-electron chi connectivity index (χ4n) is 4.38. The molecular formula is C26H31F3N6O3. The lowest BCUT2D eigenvalue weighted by molar-refractivity contribution is -0.136. The summed E-state index contributed by atoms with van der Waals surface area (Å²) < 4.78 is 52.2. The third-order valence-electron chi connectivity index (χ3n) is 6.44. The van der Waals surface area contributed by atoms with Crippen molar-refractivity contribution in [1.29, 1.82) is 0 Å². The fraction of sp³-hybridized carbons (Fsp3) is 0.462. The van der Waals surface area contributed by atoms with Gasteiger partial charge in [-0.2, -0.15) is 13.2 Å². The highest BCUT2D eigenvalue weighted by atomic mass is 19.4. The van der Waals surface area contributed by atoms with Gasteiger partial charge in [0.25, 0.3) is 5.88 Å². The van der Waals surface area contributed by atoms with Crippen LogP contribution < -0.4 is 14.8 Å². The van der Waals surface area contributed by atoms with Gasteiger partial charge in [-0.15, -0.1) is 0 Å². The zero-order chi connectivity index (χ0) is 27.3. The van der Waals surface area contributed by atoms with E-state index in [9.17, 15) is 18.0 Å². The van der Waals surface area contributed by atoms with E-state index in [0.717, 1.165) is 0 Å². The molecule has 0 radical (unpaired) electrons. The van der Waals surface area contributed by atoms with Gasteiger partial charge in [0.05, 0.1) is 37.3 Å². The number of nitrogens with zero attached hydrogens (tertiary/aromatic N) is 5. The van der Waals surface area contributed by atoms with Crippen molar-refractivity contribution < 1.29 is 27.4 Å². The summed E-state index contributed by atoms with van der Waals surface area (Å²) in [4.78, 5) is 28.3. The number of nitrogens with one attached hydrogen (secondary N) is 1. The van der Waals surface area contributed by atoms with Crippen molar-refractivity contribution in [1.82, 2.24) is 29.6 Å². The summed E-state index contributed by atoms with van der Waals surface area (Å²) in [6.45, 7) is 4.25. The summed E-state index contributed by atoms with van der Waals surface area (Å²) in [5.74, 6) is 0.827. The van der Waals surface area contributed by atoms with Gasteiger partial charge in [0.2, 0.25) is 5.65 Å². The predicted molar refractivity (Wildman–Crippen MR) is 135 cm³/mol. The number of imidazole rings is 1. The van der Waals surface area contributed by atoms with E-state index >= 15 is 0 Å². The third kappa shape index (κ3) is 6.35. The lowest BCUT2D eigenvalue weighted by atomic mass is 10.1. The van der Waals surface area contributed by atoms with Gasteiger partial charge in [-0.3, -0.25) is 4.98 Å². The van der Waals surface area contributed by atoms with E-state index in [-0.39, 0.29) is 19.4 Å². The number of aromatic nitrogens is 4. The minimum atomic E-state index is -4.31. The SMILES string of the molecule is CCN1C(=O)N[C@@H](CCC(F)(F)F)C/C=C/CCOc2nc(cn3ccnc23)-c2cc(ncc2OC)[C@H]1C. The highest BCUT2D eigenvalue weighted by Gasteiger charge is 2.30. The van der Waals surface area contributed by atoms with E-state index in [1.807, 2.05) is 30.5 Å². The van der Waals surface area contributed by atoms with Crippen LogP contribution in [0.4, 0.5) is 18.0 Å². The minimum absolute atomic E-state index is 0.222. The number of fused-ring (bicyclic) bond motifs is 7. The molecule has 2 amide bonds. The number of hydrogen-bond donors (Lipinski definition) is 1. The maximum absolute atomic E-state index is 13.2. The lowest BCUT2D eigenvalue weighted by Crippen LogP contribution is -2.46. The standard InChI is InChI=1S/C26H31F3N6O3/c1-4-35-17(2)20-14-19(22(37-3)15-31-20)21-16-34-12-11-30-23(34)24(33-21)38-13-7-5-6-8-18(32-25(35)36)9-10-26(27,28)29/h5-6,11-12,14-18H,4,7-10,13H2,1-3H3,(H,32,36)/b6-5+/t17-,18-/m1/s1. The zero-order valence-electron chi connectivity index (χ0n) is 21.5. The average molecular weight is 533 g/mol. The fourth-order valence-corrected chi connectivity index (χ4v) is 4.38. The molecule has 4 heterocycles. The number of ether oxygens (including phenoxy) is 2. The maximum atomic E-state index is 13.2. The summed E-state index contributed by atoms with van der Waals surface area (Å²) in [7, 11) is 1.53. The molecule has 12 heteroatoms. The molecule has 4 rings (SSSR count). The minimum Gasteiger partial charge on any atom is -0.494 e. The summed E-state index contributed by atoms with van der Waals surface area (Å²) in [5, 5.41) is 2.80. The Kier molecular flexibility index (Phi) is 8.38. The monoisotopic (exact) mass is 532 g/mol. The topological polar surface area (TPSA) is 93.9 Å². The van der Waals surface area contributed by atoms with Crippen LogP contribution in [-0.2, 0) is 0 Å². The molecule has 1 aliphatic rings. The second-order valence-corrected chi connectivity index (χ2v) is 9.01. The smallest absolute Gasteiger partial charge is 0.389 e. The number of alkyl halides is 3. The van der Waals surface area contributed by atoms with Gasteiger partial charge >= 0.3 is 12.2 Å². The van der Waals surface area contributed by atoms with Crippen LogP contribution in [0.3, 0.4) is 0 Å². The quantitative estimate of drug-likeness (QED) is 0.457. The van der Waals surface area contributed by atoms with Crippen molar-refractivity contribution in [3.8, 4) is 22.9 Å². The first-order valence-electron chi connectivity index (χ1n) is 12.5. The molecule has 0 fully saturated rings. The Hall–Kier alpha value is -3.83. The van der Waals surface area contributed by atoms with Gasteiger partial charge in [0, 0.05) is 43.2 Å². The van der Waals surface area contributed by atoms with E-state index in [0.29, 0.717) is 47.2 Å². The number of amides is 2. The van der Waals surface area contributed by atoms with E-state index in [2.05, 4.69) is 15.3 Å². The summed E-state index contributed by atoms with van der Waals surface area (Å²) in [6.07, 6.45) is 5.66. The van der Waals surface area contributed by atoms with Gasteiger partial charge in [-0.1, -0.05) is 12.2 Å². The Morgan fingerprint density at radius 2 is 2.08 bits per heavy atom. The molecule has 1 N–H and O–H groups in total. The molecule has 0 saturated heterocycles. The van der Waals surface area contributed by atoms with Gasteiger partial charge < -0.3 is 24.1 Å². The van der Waals surface area contributed by atoms with Crippen molar-refractivity contribution in [3.05, 3.63) is 48.7 Å². The molecule has 38 heavy (non-hydrogen) atoms. The first-order chi connectivity index (χ1) is 18.2. The van der Waals surface area contributed by atoms with Gasteiger partial charge in [0.15, 0.2) is 0 Å². The van der Waals surface area contributed by atoms with Crippen LogP contribution in [0.2, 0.25) is 0 Å². The molecule has 0 spiro atoms. The Balaban J connectivity index is 1.75. The molecule has 0 saturated carbocycles. The molecule has 0 aliphatic carbocycles. The highest BCUT2D eigenvalue weighted by molar-refractivity contribution is 5.75.